The van der Waals surface area contributed by atoms with E-state index in [-0.39, 0.29) is 23.8 Å². The Morgan fingerprint density at radius 3 is 2.11 bits per heavy atom. The topological polar surface area (TPSA) is 86.8 Å². The zero-order chi connectivity index (χ0) is 28.0. The molecule has 0 heterocycles. The lowest BCUT2D eigenvalue weighted by molar-refractivity contribution is -0.140. The number of hydrogen-bond acceptors (Lipinski definition) is 4. The second-order valence-electron chi connectivity index (χ2n) is 10.7. The molecule has 204 valence electrons. The maximum absolute atomic E-state index is 13.8. The van der Waals surface area contributed by atoms with Crippen LogP contribution in [0.4, 0.5) is 5.69 Å². The SMILES string of the molecule is CCC(C(=O)NCC(C)C)N(Cc1ccccc1Cl)C(=O)CN(c1ccc(C(C)(C)C)cc1)S(C)(=O)=O. The summed E-state index contributed by atoms with van der Waals surface area (Å²) in [7, 11) is -3.79. The van der Waals surface area contributed by atoms with Gasteiger partial charge < -0.3 is 10.2 Å². The van der Waals surface area contributed by atoms with Crippen LogP contribution in [0.25, 0.3) is 0 Å². The van der Waals surface area contributed by atoms with E-state index in [1.54, 1.807) is 30.3 Å². The molecule has 2 aromatic carbocycles. The van der Waals surface area contributed by atoms with Gasteiger partial charge in [-0.2, -0.15) is 0 Å². The molecule has 0 aliphatic heterocycles. The van der Waals surface area contributed by atoms with E-state index in [9.17, 15) is 18.0 Å². The summed E-state index contributed by atoms with van der Waals surface area (Å²) >= 11 is 6.38. The van der Waals surface area contributed by atoms with E-state index in [2.05, 4.69) is 26.1 Å². The summed E-state index contributed by atoms with van der Waals surface area (Å²) in [5.74, 6) is -0.528. The number of hydrogen-bond donors (Lipinski definition) is 1. The van der Waals surface area contributed by atoms with Crippen LogP contribution in [0.5, 0.6) is 0 Å². The molecule has 1 atom stereocenters. The van der Waals surface area contributed by atoms with Crippen LogP contribution in [0.15, 0.2) is 48.5 Å². The van der Waals surface area contributed by atoms with Crippen LogP contribution in [0.3, 0.4) is 0 Å². The van der Waals surface area contributed by atoms with Crippen molar-refractivity contribution in [2.75, 3.05) is 23.7 Å². The summed E-state index contributed by atoms with van der Waals surface area (Å²) in [6.45, 7) is 12.1. The molecule has 7 nitrogen and oxygen atoms in total. The van der Waals surface area contributed by atoms with Crippen molar-refractivity contribution in [1.82, 2.24) is 10.2 Å². The van der Waals surface area contributed by atoms with Crippen LogP contribution in [-0.2, 0) is 31.6 Å². The Morgan fingerprint density at radius 2 is 1.62 bits per heavy atom. The molecule has 0 spiro atoms. The number of amides is 2. The van der Waals surface area contributed by atoms with E-state index >= 15 is 0 Å². The maximum Gasteiger partial charge on any atom is 0.244 e. The van der Waals surface area contributed by atoms with E-state index in [1.807, 2.05) is 39.0 Å². The normalized spacial score (nSPS) is 12.8. The predicted molar refractivity (Wildman–Crippen MR) is 151 cm³/mol. The number of nitrogens with zero attached hydrogens (tertiary/aromatic N) is 2. The molecule has 0 aliphatic carbocycles. The van der Waals surface area contributed by atoms with Crippen LogP contribution in [-0.4, -0.2) is 50.5 Å². The van der Waals surface area contributed by atoms with E-state index in [4.69, 9.17) is 11.6 Å². The average molecular weight is 550 g/mol. The van der Waals surface area contributed by atoms with E-state index < -0.39 is 28.5 Å². The van der Waals surface area contributed by atoms with Gasteiger partial charge >= 0.3 is 0 Å². The lowest BCUT2D eigenvalue weighted by Crippen LogP contribution is -2.52. The number of nitrogens with one attached hydrogen (secondary N) is 1. The second-order valence-corrected chi connectivity index (χ2v) is 13.1. The Bertz CT molecular complexity index is 1170. The molecule has 0 fully saturated rings. The lowest BCUT2D eigenvalue weighted by atomic mass is 9.87. The maximum atomic E-state index is 13.8. The molecule has 0 aliphatic rings. The van der Waals surface area contributed by atoms with Gasteiger partial charge in [-0.05, 0) is 47.1 Å². The van der Waals surface area contributed by atoms with Gasteiger partial charge in [0.1, 0.15) is 12.6 Å². The van der Waals surface area contributed by atoms with Crippen molar-refractivity contribution < 1.29 is 18.0 Å². The quantitative estimate of drug-likeness (QED) is 0.428. The number of carbonyl (C=O) groups is 2. The van der Waals surface area contributed by atoms with Crippen LogP contribution in [0.2, 0.25) is 5.02 Å². The van der Waals surface area contributed by atoms with Crippen molar-refractivity contribution >= 4 is 39.1 Å². The smallest absolute Gasteiger partial charge is 0.244 e. The first-order chi connectivity index (χ1) is 17.1. The summed E-state index contributed by atoms with van der Waals surface area (Å²) in [4.78, 5) is 28.3. The molecule has 37 heavy (non-hydrogen) atoms. The lowest BCUT2D eigenvalue weighted by Gasteiger charge is -2.33. The van der Waals surface area contributed by atoms with E-state index in [1.165, 1.54) is 4.90 Å². The van der Waals surface area contributed by atoms with Crippen molar-refractivity contribution in [1.29, 1.82) is 0 Å². The minimum Gasteiger partial charge on any atom is -0.354 e. The minimum absolute atomic E-state index is 0.0761. The Morgan fingerprint density at radius 1 is 1.03 bits per heavy atom. The van der Waals surface area contributed by atoms with Gasteiger partial charge in [-0.15, -0.1) is 0 Å². The monoisotopic (exact) mass is 549 g/mol. The molecular weight excluding hydrogens is 510 g/mol. The van der Waals surface area contributed by atoms with Crippen LogP contribution >= 0.6 is 11.6 Å². The Hall–Kier alpha value is -2.58. The van der Waals surface area contributed by atoms with Crippen molar-refractivity contribution in [3.63, 3.8) is 0 Å². The molecule has 2 amide bonds. The molecule has 1 N–H and O–H groups in total. The molecule has 2 aromatic rings. The van der Waals surface area contributed by atoms with Gasteiger partial charge in [-0.1, -0.05) is 83.5 Å². The van der Waals surface area contributed by atoms with Gasteiger partial charge in [0.2, 0.25) is 21.8 Å². The molecule has 0 saturated heterocycles. The highest BCUT2D eigenvalue weighted by atomic mass is 35.5. The summed E-state index contributed by atoms with van der Waals surface area (Å²) in [6.07, 6.45) is 1.43. The Kier molecular flexibility index (Phi) is 10.6. The van der Waals surface area contributed by atoms with Gasteiger partial charge in [0.25, 0.3) is 0 Å². The third kappa shape index (κ3) is 8.75. The Labute approximate surface area is 227 Å². The molecular formula is C28H40ClN3O4S. The van der Waals surface area contributed by atoms with Crippen LogP contribution in [0, 0.1) is 5.92 Å². The molecule has 1 unspecified atom stereocenters. The Balaban J connectivity index is 2.44. The van der Waals surface area contributed by atoms with Gasteiger partial charge in [0.15, 0.2) is 0 Å². The molecule has 2 rings (SSSR count). The van der Waals surface area contributed by atoms with Crippen molar-refractivity contribution in [3.05, 3.63) is 64.7 Å². The highest BCUT2D eigenvalue weighted by Gasteiger charge is 2.32. The number of anilines is 1. The number of halogens is 1. The molecule has 0 saturated carbocycles. The first-order valence-corrected chi connectivity index (χ1v) is 14.8. The van der Waals surface area contributed by atoms with Crippen LogP contribution in [0.1, 0.15) is 59.1 Å². The van der Waals surface area contributed by atoms with Crippen molar-refractivity contribution in [2.45, 2.75) is 66.0 Å². The third-order valence-corrected chi connectivity index (χ3v) is 7.58. The number of sulfonamides is 1. The first-order valence-electron chi connectivity index (χ1n) is 12.5. The number of carbonyl (C=O) groups excluding carboxylic acids is 2. The van der Waals surface area contributed by atoms with Gasteiger partial charge in [-0.3, -0.25) is 13.9 Å². The van der Waals surface area contributed by atoms with Gasteiger partial charge in [0, 0.05) is 18.1 Å². The summed E-state index contributed by atoms with van der Waals surface area (Å²) in [5.41, 5.74) is 2.00. The summed E-state index contributed by atoms with van der Waals surface area (Å²) in [6, 6.07) is 13.5. The number of rotatable bonds is 11. The average Bonchev–Trinajstić information content (AvgIpc) is 2.80. The van der Waals surface area contributed by atoms with E-state index in [0.717, 1.165) is 16.1 Å². The standard InChI is InChI=1S/C28H40ClN3O4S/c1-8-25(27(34)30-17-20(2)3)31(18-21-11-9-10-12-24(21)29)26(33)19-32(37(7,35)36)23-15-13-22(14-16-23)28(4,5)6/h9-16,20,25H,8,17-19H2,1-7H3,(H,30,34). The molecule has 9 heteroatoms. The fourth-order valence-corrected chi connectivity index (χ4v) is 4.94. The molecule has 0 radical (unpaired) electrons. The highest BCUT2D eigenvalue weighted by molar-refractivity contribution is 7.92. The van der Waals surface area contributed by atoms with Crippen LogP contribution < -0.4 is 9.62 Å². The molecule has 0 aromatic heterocycles. The zero-order valence-electron chi connectivity index (χ0n) is 22.9. The van der Waals surface area contributed by atoms with Gasteiger partial charge in [0.05, 0.1) is 11.9 Å². The minimum atomic E-state index is -3.79. The summed E-state index contributed by atoms with van der Waals surface area (Å²) < 4.78 is 26.7. The fraction of sp³-hybridized carbons (Fsp3) is 0.500. The van der Waals surface area contributed by atoms with Gasteiger partial charge in [-0.25, -0.2) is 8.42 Å². The number of benzene rings is 2. The summed E-state index contributed by atoms with van der Waals surface area (Å²) in [5, 5.41) is 3.37. The second kappa shape index (κ2) is 12.8. The van der Waals surface area contributed by atoms with Crippen molar-refractivity contribution in [2.24, 2.45) is 5.92 Å². The first kappa shape index (κ1) is 30.6. The highest BCUT2D eigenvalue weighted by Crippen LogP contribution is 2.27. The molecule has 0 bridgehead atoms. The zero-order valence-corrected chi connectivity index (χ0v) is 24.5. The fourth-order valence-electron chi connectivity index (χ4n) is 3.89. The van der Waals surface area contributed by atoms with Crippen molar-refractivity contribution in [3.8, 4) is 0 Å². The third-order valence-electron chi connectivity index (χ3n) is 6.07. The predicted octanol–water partition coefficient (Wildman–Crippen LogP) is 4.98. The van der Waals surface area contributed by atoms with E-state index in [0.29, 0.717) is 29.2 Å². The largest absolute Gasteiger partial charge is 0.354 e.